The minimum absolute atomic E-state index is 0.105. The van der Waals surface area contributed by atoms with E-state index >= 15 is 0 Å². The molecule has 2 rings (SSSR count). The third-order valence-corrected chi connectivity index (χ3v) is 3.91. The van der Waals surface area contributed by atoms with Gasteiger partial charge in [-0.15, -0.1) is 10.2 Å². The van der Waals surface area contributed by atoms with E-state index in [0.717, 1.165) is 22.3 Å². The van der Waals surface area contributed by atoms with Gasteiger partial charge in [0, 0.05) is 24.8 Å². The molecule has 104 valence electrons. The Labute approximate surface area is 123 Å². The third-order valence-electron chi connectivity index (χ3n) is 2.82. The zero-order valence-corrected chi connectivity index (χ0v) is 12.4. The van der Waals surface area contributed by atoms with Crippen molar-refractivity contribution in [2.45, 2.75) is 24.3 Å². The molecule has 0 fully saturated rings. The van der Waals surface area contributed by atoms with Crippen LogP contribution in [0.1, 0.15) is 23.4 Å². The molecule has 0 spiro atoms. The maximum absolute atomic E-state index is 8.72. The summed E-state index contributed by atoms with van der Waals surface area (Å²) in [5.41, 5.74) is 2.18. The van der Waals surface area contributed by atoms with Gasteiger partial charge in [-0.05, 0) is 24.6 Å². The summed E-state index contributed by atoms with van der Waals surface area (Å²) in [6.07, 6.45) is 0.511. The van der Waals surface area contributed by atoms with Gasteiger partial charge in [-0.25, -0.2) is 0 Å². The zero-order valence-electron chi connectivity index (χ0n) is 11.6. The maximum Gasteiger partial charge on any atom is 0.191 e. The summed E-state index contributed by atoms with van der Waals surface area (Å²) >= 11 is 1.66. The van der Waals surface area contributed by atoms with Gasteiger partial charge in [-0.1, -0.05) is 35.7 Å². The number of aliphatic hydroxyl groups is 1. The summed E-state index contributed by atoms with van der Waals surface area (Å²) < 4.78 is 1.98. The number of nitrogens with zero attached hydrogens (tertiary/aromatic N) is 3. The molecule has 1 N–H and O–H groups in total. The standard InChI is InChI=1S/C15H17N3OS/c1-12-16-17-15(18(12)2)20-11-14-8-5-7-13(10-14)6-3-4-9-19/h5,7-8,10,19H,4,9,11H2,1-2H3. The number of aliphatic hydroxyl groups excluding tert-OH is 1. The van der Waals surface area contributed by atoms with E-state index < -0.39 is 0 Å². The summed E-state index contributed by atoms with van der Waals surface area (Å²) in [6, 6.07) is 8.12. The predicted molar refractivity (Wildman–Crippen MR) is 80.3 cm³/mol. The lowest BCUT2D eigenvalue weighted by molar-refractivity contribution is 0.305. The lowest BCUT2D eigenvalue weighted by Gasteiger charge is -2.02. The van der Waals surface area contributed by atoms with E-state index in [1.807, 2.05) is 30.7 Å². The highest BCUT2D eigenvalue weighted by atomic mass is 32.2. The van der Waals surface area contributed by atoms with Crippen LogP contribution in [0.5, 0.6) is 0 Å². The van der Waals surface area contributed by atoms with Gasteiger partial charge in [0.15, 0.2) is 5.16 Å². The molecule has 0 amide bonds. The predicted octanol–water partition coefficient (Wildman–Crippen LogP) is 2.15. The topological polar surface area (TPSA) is 50.9 Å². The van der Waals surface area contributed by atoms with Crippen LogP contribution in [0.25, 0.3) is 0 Å². The molecule has 1 heterocycles. The van der Waals surface area contributed by atoms with Gasteiger partial charge in [-0.3, -0.25) is 0 Å². The van der Waals surface area contributed by atoms with E-state index in [2.05, 4.69) is 34.2 Å². The van der Waals surface area contributed by atoms with E-state index in [1.165, 1.54) is 5.56 Å². The SMILES string of the molecule is Cc1nnc(SCc2cccc(C#CCCO)c2)n1C. The van der Waals surface area contributed by atoms with Crippen molar-refractivity contribution in [3.8, 4) is 11.8 Å². The third kappa shape index (κ3) is 3.86. The van der Waals surface area contributed by atoms with Gasteiger partial charge in [0.05, 0.1) is 6.61 Å². The second kappa shape index (κ2) is 7.13. The summed E-state index contributed by atoms with van der Waals surface area (Å²) in [6.45, 7) is 2.04. The smallest absolute Gasteiger partial charge is 0.191 e. The highest BCUT2D eigenvalue weighted by Crippen LogP contribution is 2.21. The van der Waals surface area contributed by atoms with Gasteiger partial charge in [-0.2, -0.15) is 0 Å². The summed E-state index contributed by atoms with van der Waals surface area (Å²) in [5.74, 6) is 7.73. The van der Waals surface area contributed by atoms with Crippen molar-refractivity contribution in [2.24, 2.45) is 7.05 Å². The van der Waals surface area contributed by atoms with Crippen molar-refractivity contribution in [2.75, 3.05) is 6.61 Å². The normalized spacial score (nSPS) is 10.2. The number of hydrogen-bond donors (Lipinski definition) is 1. The fourth-order valence-corrected chi connectivity index (χ4v) is 2.52. The molecule has 0 aliphatic carbocycles. The lowest BCUT2D eigenvalue weighted by atomic mass is 10.1. The first-order chi connectivity index (χ1) is 9.70. The Kier molecular flexibility index (Phi) is 5.22. The fourth-order valence-electron chi connectivity index (χ4n) is 1.62. The Hall–Kier alpha value is -1.77. The number of aryl methyl sites for hydroxylation is 1. The van der Waals surface area contributed by atoms with Crippen LogP contribution in [0.4, 0.5) is 0 Å². The Balaban J connectivity index is 2.02. The van der Waals surface area contributed by atoms with E-state index in [0.29, 0.717) is 6.42 Å². The van der Waals surface area contributed by atoms with Crippen LogP contribution in [-0.2, 0) is 12.8 Å². The number of thioether (sulfide) groups is 1. The molecule has 2 aromatic rings. The summed E-state index contributed by atoms with van der Waals surface area (Å²) in [7, 11) is 1.97. The van der Waals surface area contributed by atoms with Gasteiger partial charge < -0.3 is 9.67 Å². The number of rotatable bonds is 4. The van der Waals surface area contributed by atoms with Crippen molar-refractivity contribution in [1.82, 2.24) is 14.8 Å². The molecule has 5 heteroatoms. The van der Waals surface area contributed by atoms with Crippen LogP contribution in [-0.4, -0.2) is 26.5 Å². The Bertz CT molecular complexity index is 640. The largest absolute Gasteiger partial charge is 0.395 e. The van der Waals surface area contributed by atoms with Crippen LogP contribution in [0, 0.1) is 18.8 Å². The van der Waals surface area contributed by atoms with E-state index in [1.54, 1.807) is 11.8 Å². The monoisotopic (exact) mass is 287 g/mol. The molecule has 1 aromatic heterocycles. The highest BCUT2D eigenvalue weighted by molar-refractivity contribution is 7.98. The van der Waals surface area contributed by atoms with E-state index in [4.69, 9.17) is 5.11 Å². The minimum atomic E-state index is 0.105. The molecule has 0 radical (unpaired) electrons. The van der Waals surface area contributed by atoms with Crippen LogP contribution in [0.3, 0.4) is 0 Å². The quantitative estimate of drug-likeness (QED) is 0.691. The molecule has 0 aliphatic rings. The summed E-state index contributed by atoms with van der Waals surface area (Å²) in [5, 5.41) is 17.8. The molecule has 0 saturated carbocycles. The average Bonchev–Trinajstić information content (AvgIpc) is 2.77. The Morgan fingerprint density at radius 3 is 2.90 bits per heavy atom. The van der Waals surface area contributed by atoms with Gasteiger partial charge >= 0.3 is 0 Å². The maximum atomic E-state index is 8.72. The van der Waals surface area contributed by atoms with Gasteiger partial charge in [0.1, 0.15) is 5.82 Å². The number of aromatic nitrogens is 3. The Morgan fingerprint density at radius 2 is 2.20 bits per heavy atom. The molecule has 4 nitrogen and oxygen atoms in total. The molecule has 0 atom stereocenters. The van der Waals surface area contributed by atoms with Crippen LogP contribution >= 0.6 is 11.8 Å². The molecular formula is C15H17N3OS. The van der Waals surface area contributed by atoms with Crippen molar-refractivity contribution >= 4 is 11.8 Å². The molecule has 0 saturated heterocycles. The van der Waals surface area contributed by atoms with Crippen LogP contribution < -0.4 is 0 Å². The van der Waals surface area contributed by atoms with Crippen molar-refractivity contribution in [3.63, 3.8) is 0 Å². The Morgan fingerprint density at radius 1 is 1.35 bits per heavy atom. The average molecular weight is 287 g/mol. The van der Waals surface area contributed by atoms with E-state index in [-0.39, 0.29) is 6.61 Å². The van der Waals surface area contributed by atoms with Crippen molar-refractivity contribution in [3.05, 3.63) is 41.2 Å². The first kappa shape index (κ1) is 14.6. The van der Waals surface area contributed by atoms with Crippen molar-refractivity contribution < 1.29 is 5.11 Å². The number of hydrogen-bond acceptors (Lipinski definition) is 4. The number of benzene rings is 1. The van der Waals surface area contributed by atoms with Gasteiger partial charge in [0.25, 0.3) is 0 Å². The van der Waals surface area contributed by atoms with Crippen LogP contribution in [0.2, 0.25) is 0 Å². The second-order valence-electron chi connectivity index (χ2n) is 4.35. The first-order valence-corrected chi connectivity index (χ1v) is 7.36. The second-order valence-corrected chi connectivity index (χ2v) is 5.30. The molecule has 1 aromatic carbocycles. The van der Waals surface area contributed by atoms with Gasteiger partial charge in [0.2, 0.25) is 0 Å². The fraction of sp³-hybridized carbons (Fsp3) is 0.333. The molecule has 20 heavy (non-hydrogen) atoms. The minimum Gasteiger partial charge on any atom is -0.395 e. The summed E-state index contributed by atoms with van der Waals surface area (Å²) in [4.78, 5) is 0. The first-order valence-electron chi connectivity index (χ1n) is 6.38. The molecular weight excluding hydrogens is 270 g/mol. The zero-order chi connectivity index (χ0) is 14.4. The molecule has 0 aliphatic heterocycles. The molecule has 0 bridgehead atoms. The van der Waals surface area contributed by atoms with Crippen molar-refractivity contribution in [1.29, 1.82) is 0 Å². The highest BCUT2D eigenvalue weighted by Gasteiger charge is 2.05. The molecule has 0 unspecified atom stereocenters. The van der Waals surface area contributed by atoms with Crippen LogP contribution in [0.15, 0.2) is 29.4 Å². The van der Waals surface area contributed by atoms with E-state index in [9.17, 15) is 0 Å². The lowest BCUT2D eigenvalue weighted by Crippen LogP contribution is -1.94.